The van der Waals surface area contributed by atoms with Gasteiger partial charge in [0.25, 0.3) is 5.88 Å². The second kappa shape index (κ2) is 5.42. The lowest BCUT2D eigenvalue weighted by molar-refractivity contribution is -0.386. The van der Waals surface area contributed by atoms with E-state index in [1.165, 1.54) is 12.3 Å². The molecule has 1 saturated heterocycles. The van der Waals surface area contributed by atoms with Crippen LogP contribution < -0.4 is 10.1 Å². The minimum Gasteiger partial charge on any atom is -0.471 e. The van der Waals surface area contributed by atoms with E-state index in [-0.39, 0.29) is 23.2 Å². The van der Waals surface area contributed by atoms with E-state index in [1.807, 2.05) is 6.07 Å². The summed E-state index contributed by atoms with van der Waals surface area (Å²) < 4.78 is 5.36. The number of pyridine rings is 1. The van der Waals surface area contributed by atoms with E-state index in [1.54, 1.807) is 0 Å². The molecular formula is C11H12N4O3. The molecule has 1 aliphatic rings. The average molecular weight is 248 g/mol. The molecule has 0 bridgehead atoms. The highest BCUT2D eigenvalue weighted by atomic mass is 16.6. The number of nitriles is 1. The molecule has 0 radical (unpaired) electrons. The zero-order chi connectivity index (χ0) is 13.0. The number of rotatable bonds is 4. The molecule has 1 aromatic heterocycles. The Balaban J connectivity index is 2.11. The molecule has 1 aromatic rings. The standard InChI is InChI=1S/C11H12N4O3/c12-5-8-4-10(15(16)17)11(14-6-8)18-7-9-2-1-3-13-9/h4,6,9,13H,1-3,7H2. The maximum absolute atomic E-state index is 10.8. The quantitative estimate of drug-likeness (QED) is 0.629. The van der Waals surface area contributed by atoms with Crippen LogP contribution in [-0.2, 0) is 0 Å². The molecule has 7 nitrogen and oxygen atoms in total. The van der Waals surface area contributed by atoms with Crippen LogP contribution in [0.5, 0.6) is 5.88 Å². The normalized spacial score (nSPS) is 18.3. The molecule has 1 aliphatic heterocycles. The van der Waals surface area contributed by atoms with Gasteiger partial charge in [-0.2, -0.15) is 5.26 Å². The number of hydrogen-bond donors (Lipinski definition) is 1. The van der Waals surface area contributed by atoms with Crippen LogP contribution in [-0.4, -0.2) is 29.1 Å². The van der Waals surface area contributed by atoms with Crippen molar-refractivity contribution in [2.24, 2.45) is 0 Å². The number of ether oxygens (including phenoxy) is 1. The Labute approximate surface area is 104 Å². The maximum atomic E-state index is 10.8. The molecule has 0 spiro atoms. The van der Waals surface area contributed by atoms with Crippen LogP contribution in [0.25, 0.3) is 0 Å². The van der Waals surface area contributed by atoms with Gasteiger partial charge in [-0.1, -0.05) is 0 Å². The molecule has 1 N–H and O–H groups in total. The van der Waals surface area contributed by atoms with Crippen LogP contribution in [0.2, 0.25) is 0 Å². The highest BCUT2D eigenvalue weighted by Gasteiger charge is 2.21. The van der Waals surface area contributed by atoms with Crippen molar-refractivity contribution in [1.29, 1.82) is 5.26 Å². The van der Waals surface area contributed by atoms with Gasteiger partial charge in [0, 0.05) is 18.3 Å². The second-order valence-corrected chi connectivity index (χ2v) is 4.02. The largest absolute Gasteiger partial charge is 0.471 e. The molecule has 0 amide bonds. The molecule has 94 valence electrons. The minimum atomic E-state index is -0.592. The Hall–Kier alpha value is -2.20. The molecule has 0 saturated carbocycles. The number of aromatic nitrogens is 1. The second-order valence-electron chi connectivity index (χ2n) is 4.02. The van der Waals surface area contributed by atoms with Gasteiger partial charge in [0.2, 0.25) is 0 Å². The first-order valence-corrected chi connectivity index (χ1v) is 5.61. The summed E-state index contributed by atoms with van der Waals surface area (Å²) in [6.07, 6.45) is 3.34. The summed E-state index contributed by atoms with van der Waals surface area (Å²) in [5.41, 5.74) is -0.125. The van der Waals surface area contributed by atoms with Gasteiger partial charge in [0.05, 0.1) is 10.5 Å². The minimum absolute atomic E-state index is 0.0345. The highest BCUT2D eigenvalue weighted by molar-refractivity contribution is 5.46. The number of nitro groups is 1. The fourth-order valence-corrected chi connectivity index (χ4v) is 1.82. The molecule has 2 heterocycles. The maximum Gasteiger partial charge on any atom is 0.332 e. The van der Waals surface area contributed by atoms with Crippen molar-refractivity contribution in [3.05, 3.63) is 27.9 Å². The highest BCUT2D eigenvalue weighted by Crippen LogP contribution is 2.25. The van der Waals surface area contributed by atoms with E-state index in [4.69, 9.17) is 10.00 Å². The van der Waals surface area contributed by atoms with Gasteiger partial charge in [-0.15, -0.1) is 0 Å². The number of nitrogens with zero attached hydrogens (tertiary/aromatic N) is 3. The van der Waals surface area contributed by atoms with Gasteiger partial charge in [-0.3, -0.25) is 10.1 Å². The third kappa shape index (κ3) is 2.73. The first-order chi connectivity index (χ1) is 8.70. The number of hydrogen-bond acceptors (Lipinski definition) is 6. The van der Waals surface area contributed by atoms with Gasteiger partial charge in [-0.05, 0) is 19.4 Å². The van der Waals surface area contributed by atoms with Crippen LogP contribution >= 0.6 is 0 Å². The van der Waals surface area contributed by atoms with Gasteiger partial charge in [-0.25, -0.2) is 4.98 Å². The topological polar surface area (TPSA) is 101 Å². The van der Waals surface area contributed by atoms with E-state index >= 15 is 0 Å². The molecule has 7 heteroatoms. The van der Waals surface area contributed by atoms with Crippen molar-refractivity contribution in [2.75, 3.05) is 13.2 Å². The first-order valence-electron chi connectivity index (χ1n) is 5.61. The Kier molecular flexibility index (Phi) is 3.69. The summed E-state index contributed by atoms with van der Waals surface area (Å²) >= 11 is 0. The fourth-order valence-electron chi connectivity index (χ4n) is 1.82. The third-order valence-electron chi connectivity index (χ3n) is 2.74. The van der Waals surface area contributed by atoms with Crippen molar-refractivity contribution in [1.82, 2.24) is 10.3 Å². The van der Waals surface area contributed by atoms with Crippen molar-refractivity contribution in [2.45, 2.75) is 18.9 Å². The number of nitrogens with one attached hydrogen (secondary N) is 1. The summed E-state index contributed by atoms with van der Waals surface area (Å²) in [6.45, 7) is 1.29. The van der Waals surface area contributed by atoms with Crippen LogP contribution in [0.15, 0.2) is 12.3 Å². The van der Waals surface area contributed by atoms with E-state index < -0.39 is 4.92 Å². The monoisotopic (exact) mass is 248 g/mol. The average Bonchev–Trinajstić information content (AvgIpc) is 2.89. The lowest BCUT2D eigenvalue weighted by Crippen LogP contribution is -2.28. The van der Waals surface area contributed by atoms with E-state index in [2.05, 4.69) is 10.3 Å². The Morgan fingerprint density at radius 3 is 3.17 bits per heavy atom. The molecule has 1 unspecified atom stereocenters. The summed E-state index contributed by atoms with van der Waals surface area (Å²) in [5, 5.41) is 22.7. The molecule has 1 atom stereocenters. The van der Waals surface area contributed by atoms with Crippen LogP contribution in [0.3, 0.4) is 0 Å². The van der Waals surface area contributed by atoms with Crippen molar-refractivity contribution in [3.63, 3.8) is 0 Å². The summed E-state index contributed by atoms with van der Waals surface area (Å²) in [4.78, 5) is 14.1. The van der Waals surface area contributed by atoms with E-state index in [0.717, 1.165) is 19.4 Å². The summed E-state index contributed by atoms with van der Waals surface area (Å²) in [5.74, 6) is -0.0345. The molecule has 0 aliphatic carbocycles. The van der Waals surface area contributed by atoms with E-state index in [9.17, 15) is 10.1 Å². The zero-order valence-electron chi connectivity index (χ0n) is 9.63. The summed E-state index contributed by atoms with van der Waals surface area (Å²) in [7, 11) is 0. The fraction of sp³-hybridized carbons (Fsp3) is 0.455. The SMILES string of the molecule is N#Cc1cnc(OCC2CCCN2)c([N+](=O)[O-])c1. The van der Waals surface area contributed by atoms with Crippen LogP contribution in [0.4, 0.5) is 5.69 Å². The smallest absolute Gasteiger partial charge is 0.332 e. The van der Waals surface area contributed by atoms with Gasteiger partial charge in [0.1, 0.15) is 12.7 Å². The molecule has 2 rings (SSSR count). The molecule has 18 heavy (non-hydrogen) atoms. The zero-order valence-corrected chi connectivity index (χ0v) is 9.63. The predicted octanol–water partition coefficient (Wildman–Crippen LogP) is 0.992. The Morgan fingerprint density at radius 2 is 2.56 bits per heavy atom. The Morgan fingerprint density at radius 1 is 1.72 bits per heavy atom. The lowest BCUT2D eigenvalue weighted by atomic mass is 10.2. The van der Waals surface area contributed by atoms with Crippen molar-refractivity contribution in [3.8, 4) is 11.9 Å². The van der Waals surface area contributed by atoms with Gasteiger partial charge < -0.3 is 10.1 Å². The first kappa shape index (κ1) is 12.3. The lowest BCUT2D eigenvalue weighted by Gasteiger charge is -2.11. The molecule has 0 aromatic carbocycles. The van der Waals surface area contributed by atoms with Crippen molar-refractivity contribution < 1.29 is 9.66 Å². The van der Waals surface area contributed by atoms with E-state index in [0.29, 0.717) is 6.61 Å². The van der Waals surface area contributed by atoms with Crippen molar-refractivity contribution >= 4 is 5.69 Å². The predicted molar refractivity (Wildman–Crippen MR) is 62.1 cm³/mol. The summed E-state index contributed by atoms with van der Waals surface area (Å²) in [6, 6.07) is 3.19. The van der Waals surface area contributed by atoms with Crippen LogP contribution in [0.1, 0.15) is 18.4 Å². The van der Waals surface area contributed by atoms with Gasteiger partial charge in [0.15, 0.2) is 0 Å². The molecular weight excluding hydrogens is 236 g/mol. The Bertz CT molecular complexity index is 492. The third-order valence-corrected chi connectivity index (χ3v) is 2.74. The molecule has 1 fully saturated rings. The van der Waals surface area contributed by atoms with Gasteiger partial charge >= 0.3 is 5.69 Å². The van der Waals surface area contributed by atoms with Crippen LogP contribution in [0, 0.1) is 21.4 Å².